The molecule has 0 amide bonds. The SMILES string of the molecule is CCCCCCCCCCCc1ccccc1OCOC(=O)C(CC)C[N+](C)(C)Cc1ccccc1. The highest BCUT2D eigenvalue weighted by molar-refractivity contribution is 5.72. The van der Waals surface area contributed by atoms with E-state index in [0.717, 1.165) is 36.2 Å². The van der Waals surface area contributed by atoms with Gasteiger partial charge in [0.15, 0.2) is 0 Å². The third-order valence-electron chi connectivity index (χ3n) is 6.93. The van der Waals surface area contributed by atoms with Gasteiger partial charge in [0.1, 0.15) is 18.2 Å². The van der Waals surface area contributed by atoms with Gasteiger partial charge in [0.25, 0.3) is 0 Å². The first-order valence-corrected chi connectivity index (χ1v) is 14.2. The second kappa shape index (κ2) is 17.2. The molecule has 4 nitrogen and oxygen atoms in total. The zero-order chi connectivity index (χ0) is 26.1. The molecular weight excluding hydrogens is 446 g/mol. The van der Waals surface area contributed by atoms with E-state index in [0.29, 0.717) is 0 Å². The molecule has 0 aliphatic rings. The highest BCUT2D eigenvalue weighted by atomic mass is 16.7. The molecule has 0 radical (unpaired) electrons. The Kier molecular flexibility index (Phi) is 14.3. The van der Waals surface area contributed by atoms with Gasteiger partial charge in [-0.3, -0.25) is 4.79 Å². The Labute approximate surface area is 220 Å². The van der Waals surface area contributed by atoms with Crippen molar-refractivity contribution in [2.75, 3.05) is 27.4 Å². The third kappa shape index (κ3) is 12.1. The molecule has 1 atom stereocenters. The highest BCUT2D eigenvalue weighted by Crippen LogP contribution is 2.22. The number of hydrogen-bond donors (Lipinski definition) is 0. The minimum atomic E-state index is -0.173. The zero-order valence-electron chi connectivity index (χ0n) is 23.3. The molecular formula is C32H50NO3+. The van der Waals surface area contributed by atoms with E-state index < -0.39 is 0 Å². The summed E-state index contributed by atoms with van der Waals surface area (Å²) in [6, 6.07) is 18.6. The van der Waals surface area contributed by atoms with Crippen LogP contribution in [-0.2, 0) is 22.5 Å². The summed E-state index contributed by atoms with van der Waals surface area (Å²) in [6.45, 7) is 5.90. The Balaban J connectivity index is 1.72. The quantitative estimate of drug-likeness (QED) is 0.0857. The van der Waals surface area contributed by atoms with Crippen LogP contribution in [-0.4, -0.2) is 37.9 Å². The highest BCUT2D eigenvalue weighted by Gasteiger charge is 2.28. The van der Waals surface area contributed by atoms with E-state index in [2.05, 4.69) is 64.3 Å². The Morgan fingerprint density at radius 1 is 0.806 bits per heavy atom. The molecule has 0 aliphatic heterocycles. The molecule has 0 fully saturated rings. The number of benzene rings is 2. The Bertz CT molecular complexity index is 849. The number of para-hydroxylation sites is 1. The first kappa shape index (κ1) is 29.9. The number of unbranched alkanes of at least 4 members (excludes halogenated alkanes) is 8. The van der Waals surface area contributed by atoms with Crippen molar-refractivity contribution < 1.29 is 18.8 Å². The maximum Gasteiger partial charge on any atom is 0.317 e. The van der Waals surface area contributed by atoms with Crippen LogP contribution >= 0.6 is 0 Å². The number of hydrogen-bond acceptors (Lipinski definition) is 3. The van der Waals surface area contributed by atoms with Crippen molar-refractivity contribution in [1.82, 2.24) is 0 Å². The molecule has 0 heterocycles. The Hall–Kier alpha value is -2.33. The first-order valence-electron chi connectivity index (χ1n) is 14.2. The van der Waals surface area contributed by atoms with E-state index in [4.69, 9.17) is 9.47 Å². The second-order valence-corrected chi connectivity index (χ2v) is 10.8. The van der Waals surface area contributed by atoms with Crippen molar-refractivity contribution in [3.63, 3.8) is 0 Å². The van der Waals surface area contributed by atoms with E-state index in [9.17, 15) is 4.79 Å². The van der Waals surface area contributed by atoms with Crippen LogP contribution in [0.25, 0.3) is 0 Å². The van der Waals surface area contributed by atoms with Crippen LogP contribution in [0.3, 0.4) is 0 Å². The molecule has 0 N–H and O–H groups in total. The van der Waals surface area contributed by atoms with Crippen molar-refractivity contribution in [3.05, 3.63) is 65.7 Å². The largest absolute Gasteiger partial charge is 0.457 e. The Morgan fingerprint density at radius 3 is 2.08 bits per heavy atom. The molecule has 0 aliphatic carbocycles. The van der Waals surface area contributed by atoms with Crippen molar-refractivity contribution in [1.29, 1.82) is 0 Å². The van der Waals surface area contributed by atoms with Crippen LogP contribution < -0.4 is 4.74 Å². The molecule has 200 valence electrons. The van der Waals surface area contributed by atoms with Gasteiger partial charge in [-0.15, -0.1) is 0 Å². The lowest BCUT2D eigenvalue weighted by molar-refractivity contribution is -0.906. The fourth-order valence-electron chi connectivity index (χ4n) is 4.86. The van der Waals surface area contributed by atoms with Crippen LogP contribution in [0.15, 0.2) is 54.6 Å². The van der Waals surface area contributed by atoms with Crippen molar-refractivity contribution in [3.8, 4) is 5.75 Å². The summed E-state index contributed by atoms with van der Waals surface area (Å²) in [5.74, 6) is 0.510. The molecule has 2 aromatic carbocycles. The molecule has 2 aromatic rings. The molecule has 0 bridgehead atoms. The first-order chi connectivity index (χ1) is 17.4. The van der Waals surface area contributed by atoms with Gasteiger partial charge in [0.05, 0.1) is 20.6 Å². The average molecular weight is 497 g/mol. The van der Waals surface area contributed by atoms with Gasteiger partial charge in [-0.25, -0.2) is 0 Å². The van der Waals surface area contributed by atoms with Crippen molar-refractivity contribution in [2.45, 2.75) is 91.0 Å². The summed E-state index contributed by atoms with van der Waals surface area (Å²) in [7, 11) is 4.34. The van der Waals surface area contributed by atoms with Crippen molar-refractivity contribution >= 4 is 5.97 Å². The normalized spacial score (nSPS) is 12.3. The summed E-state index contributed by atoms with van der Waals surface area (Å²) in [6.07, 6.45) is 13.7. The minimum Gasteiger partial charge on any atom is -0.457 e. The molecule has 0 aromatic heterocycles. The number of esters is 1. The van der Waals surface area contributed by atoms with E-state index in [-0.39, 0.29) is 18.7 Å². The smallest absolute Gasteiger partial charge is 0.317 e. The van der Waals surface area contributed by atoms with Gasteiger partial charge >= 0.3 is 5.97 Å². The zero-order valence-corrected chi connectivity index (χ0v) is 23.3. The molecule has 36 heavy (non-hydrogen) atoms. The number of carbonyl (C=O) groups excluding carboxylic acids is 1. The number of nitrogens with zero attached hydrogens (tertiary/aromatic N) is 1. The molecule has 2 rings (SSSR count). The monoisotopic (exact) mass is 496 g/mol. The van der Waals surface area contributed by atoms with Gasteiger partial charge < -0.3 is 14.0 Å². The topological polar surface area (TPSA) is 35.5 Å². The molecule has 4 heteroatoms. The van der Waals surface area contributed by atoms with E-state index >= 15 is 0 Å². The van der Waals surface area contributed by atoms with Crippen LogP contribution in [0.1, 0.15) is 89.2 Å². The molecule has 1 unspecified atom stereocenters. The minimum absolute atomic E-state index is 0.0315. The summed E-state index contributed by atoms with van der Waals surface area (Å²) in [5, 5.41) is 0. The van der Waals surface area contributed by atoms with E-state index in [1.54, 1.807) is 0 Å². The number of rotatable bonds is 19. The average Bonchev–Trinajstić information content (AvgIpc) is 2.87. The lowest BCUT2D eigenvalue weighted by Gasteiger charge is -2.32. The van der Waals surface area contributed by atoms with Crippen LogP contribution in [0.5, 0.6) is 5.75 Å². The van der Waals surface area contributed by atoms with Gasteiger partial charge in [-0.1, -0.05) is 114 Å². The van der Waals surface area contributed by atoms with Crippen molar-refractivity contribution in [2.24, 2.45) is 5.92 Å². The summed E-state index contributed by atoms with van der Waals surface area (Å²) >= 11 is 0. The van der Waals surface area contributed by atoms with Gasteiger partial charge in [0, 0.05) is 5.56 Å². The lowest BCUT2D eigenvalue weighted by Crippen LogP contribution is -2.44. The second-order valence-electron chi connectivity index (χ2n) is 10.8. The van der Waals surface area contributed by atoms with Crippen LogP contribution in [0.4, 0.5) is 0 Å². The van der Waals surface area contributed by atoms with Gasteiger partial charge in [-0.2, -0.15) is 0 Å². The number of aryl methyl sites for hydroxylation is 1. The predicted molar refractivity (Wildman–Crippen MR) is 150 cm³/mol. The number of quaternary nitrogens is 1. The Morgan fingerprint density at radius 2 is 1.42 bits per heavy atom. The summed E-state index contributed by atoms with van der Waals surface area (Å²) in [4.78, 5) is 12.8. The van der Waals surface area contributed by atoms with Gasteiger partial charge in [-0.05, 0) is 30.9 Å². The van der Waals surface area contributed by atoms with Crippen LogP contribution in [0.2, 0.25) is 0 Å². The molecule has 0 spiro atoms. The summed E-state index contributed by atoms with van der Waals surface area (Å²) < 4.78 is 12.2. The number of carbonyl (C=O) groups is 1. The lowest BCUT2D eigenvalue weighted by atomic mass is 10.0. The van der Waals surface area contributed by atoms with Crippen LogP contribution in [0, 0.1) is 5.92 Å². The predicted octanol–water partition coefficient (Wildman–Crippen LogP) is 7.94. The third-order valence-corrected chi connectivity index (χ3v) is 6.93. The maximum absolute atomic E-state index is 12.8. The standard InChI is InChI=1S/C32H50NO3/c1-5-7-8-9-10-11-12-13-17-22-30-23-18-19-24-31(30)35-27-36-32(34)29(6-2)26-33(3,4)25-28-20-15-14-16-21-28/h14-16,18-21,23-24,29H,5-13,17,22,25-27H2,1-4H3/q+1. The van der Waals surface area contributed by atoms with Gasteiger partial charge in [0.2, 0.25) is 6.79 Å². The van der Waals surface area contributed by atoms with E-state index in [1.807, 2.05) is 18.2 Å². The molecule has 0 saturated heterocycles. The number of ether oxygens (including phenoxy) is 2. The summed E-state index contributed by atoms with van der Waals surface area (Å²) in [5.41, 5.74) is 2.47. The van der Waals surface area contributed by atoms with E-state index in [1.165, 1.54) is 68.9 Å². The fraction of sp³-hybridized carbons (Fsp3) is 0.594. The molecule has 0 saturated carbocycles. The maximum atomic E-state index is 12.8. The fourth-order valence-corrected chi connectivity index (χ4v) is 4.86.